The topological polar surface area (TPSA) is 55.1 Å². The van der Waals surface area contributed by atoms with E-state index in [0.29, 0.717) is 11.4 Å². The largest absolute Gasteiger partial charge is 0.399 e. The molecule has 1 amide bonds. The Morgan fingerprint density at radius 1 is 1.20 bits per heavy atom. The zero-order valence-corrected chi connectivity index (χ0v) is 12.2. The van der Waals surface area contributed by atoms with E-state index in [1.54, 1.807) is 0 Å². The standard InChI is InChI=1S/C16H18N2OS/c1-12(13-6-3-2-4-7-13)18-16(19)11-20-15-9-5-8-14(17)10-15/h2-10,12H,11,17H2,1H3,(H,18,19). The number of hydrogen-bond donors (Lipinski definition) is 2. The second kappa shape index (κ2) is 7.01. The van der Waals surface area contributed by atoms with Crippen LogP contribution >= 0.6 is 11.8 Å². The molecule has 104 valence electrons. The minimum atomic E-state index is 0.0187. The Bertz CT molecular complexity index is 572. The highest BCUT2D eigenvalue weighted by Crippen LogP contribution is 2.20. The monoisotopic (exact) mass is 286 g/mol. The molecular formula is C16H18N2OS. The summed E-state index contributed by atoms with van der Waals surface area (Å²) in [7, 11) is 0. The van der Waals surface area contributed by atoms with Crippen molar-refractivity contribution in [3.8, 4) is 0 Å². The number of amides is 1. The first-order chi connectivity index (χ1) is 9.65. The van der Waals surface area contributed by atoms with Crippen LogP contribution in [0.3, 0.4) is 0 Å². The van der Waals surface area contributed by atoms with Gasteiger partial charge < -0.3 is 11.1 Å². The summed E-state index contributed by atoms with van der Waals surface area (Å²) < 4.78 is 0. The molecule has 0 aliphatic carbocycles. The summed E-state index contributed by atoms with van der Waals surface area (Å²) in [4.78, 5) is 12.9. The van der Waals surface area contributed by atoms with Crippen molar-refractivity contribution in [1.29, 1.82) is 0 Å². The van der Waals surface area contributed by atoms with Crippen molar-refractivity contribution in [2.75, 3.05) is 11.5 Å². The quantitative estimate of drug-likeness (QED) is 0.655. The van der Waals surface area contributed by atoms with Crippen LogP contribution in [0.2, 0.25) is 0 Å². The average molecular weight is 286 g/mol. The third-order valence-corrected chi connectivity index (χ3v) is 3.90. The number of anilines is 1. The predicted molar refractivity (Wildman–Crippen MR) is 84.6 cm³/mol. The van der Waals surface area contributed by atoms with Crippen molar-refractivity contribution in [1.82, 2.24) is 5.32 Å². The maximum atomic E-state index is 11.9. The van der Waals surface area contributed by atoms with Gasteiger partial charge in [0.15, 0.2) is 0 Å². The zero-order valence-electron chi connectivity index (χ0n) is 11.4. The van der Waals surface area contributed by atoms with E-state index >= 15 is 0 Å². The highest BCUT2D eigenvalue weighted by Gasteiger charge is 2.09. The number of hydrogen-bond acceptors (Lipinski definition) is 3. The molecule has 20 heavy (non-hydrogen) atoms. The second-order valence-corrected chi connectivity index (χ2v) is 5.61. The number of benzene rings is 2. The van der Waals surface area contributed by atoms with E-state index in [2.05, 4.69) is 5.32 Å². The van der Waals surface area contributed by atoms with E-state index < -0.39 is 0 Å². The molecule has 0 aliphatic heterocycles. The summed E-state index contributed by atoms with van der Waals surface area (Å²) in [5, 5.41) is 2.99. The molecule has 0 saturated heterocycles. The van der Waals surface area contributed by atoms with Crippen LogP contribution in [-0.4, -0.2) is 11.7 Å². The van der Waals surface area contributed by atoms with Gasteiger partial charge in [0.25, 0.3) is 0 Å². The molecule has 4 heteroatoms. The van der Waals surface area contributed by atoms with Crippen molar-refractivity contribution in [2.45, 2.75) is 17.9 Å². The van der Waals surface area contributed by atoms with Gasteiger partial charge in [-0.25, -0.2) is 0 Å². The lowest BCUT2D eigenvalue weighted by Crippen LogP contribution is -2.28. The van der Waals surface area contributed by atoms with Crippen molar-refractivity contribution in [3.63, 3.8) is 0 Å². The molecule has 0 radical (unpaired) electrons. The highest BCUT2D eigenvalue weighted by atomic mass is 32.2. The molecular weight excluding hydrogens is 268 g/mol. The lowest BCUT2D eigenvalue weighted by atomic mass is 10.1. The van der Waals surface area contributed by atoms with E-state index in [4.69, 9.17) is 5.73 Å². The fourth-order valence-electron chi connectivity index (χ4n) is 1.86. The lowest BCUT2D eigenvalue weighted by Gasteiger charge is -2.14. The summed E-state index contributed by atoms with van der Waals surface area (Å²) in [5.41, 5.74) is 7.53. The molecule has 0 spiro atoms. The number of nitrogens with one attached hydrogen (secondary N) is 1. The molecule has 2 aromatic carbocycles. The summed E-state index contributed by atoms with van der Waals surface area (Å²) in [6.07, 6.45) is 0. The van der Waals surface area contributed by atoms with Crippen LogP contribution < -0.4 is 11.1 Å². The summed E-state index contributed by atoms with van der Waals surface area (Å²) in [6, 6.07) is 17.5. The van der Waals surface area contributed by atoms with E-state index in [-0.39, 0.29) is 11.9 Å². The number of rotatable bonds is 5. The van der Waals surface area contributed by atoms with E-state index in [1.807, 2.05) is 61.5 Å². The zero-order chi connectivity index (χ0) is 14.4. The Morgan fingerprint density at radius 2 is 1.95 bits per heavy atom. The SMILES string of the molecule is CC(NC(=O)CSc1cccc(N)c1)c1ccccc1. The third kappa shape index (κ3) is 4.31. The predicted octanol–water partition coefficient (Wildman–Crippen LogP) is 3.24. The Hall–Kier alpha value is -1.94. The van der Waals surface area contributed by atoms with Gasteiger partial charge in [0.1, 0.15) is 0 Å². The molecule has 1 unspecified atom stereocenters. The van der Waals surface area contributed by atoms with Gasteiger partial charge in [-0.15, -0.1) is 11.8 Å². The van der Waals surface area contributed by atoms with Crippen molar-refractivity contribution < 1.29 is 4.79 Å². The molecule has 2 rings (SSSR count). The first-order valence-corrected chi connectivity index (χ1v) is 7.46. The molecule has 0 heterocycles. The Balaban J connectivity index is 1.84. The minimum absolute atomic E-state index is 0.0187. The fourth-order valence-corrected chi connectivity index (χ4v) is 2.64. The number of nitrogens with two attached hydrogens (primary N) is 1. The molecule has 0 saturated carbocycles. The van der Waals surface area contributed by atoms with Gasteiger partial charge in [0.05, 0.1) is 11.8 Å². The first-order valence-electron chi connectivity index (χ1n) is 6.48. The lowest BCUT2D eigenvalue weighted by molar-refractivity contribution is -0.119. The van der Waals surface area contributed by atoms with Gasteiger partial charge in [-0.1, -0.05) is 36.4 Å². The van der Waals surface area contributed by atoms with E-state index in [9.17, 15) is 4.79 Å². The molecule has 0 fully saturated rings. The van der Waals surface area contributed by atoms with Gasteiger partial charge in [0.2, 0.25) is 5.91 Å². The molecule has 0 aromatic heterocycles. The third-order valence-electron chi connectivity index (χ3n) is 2.91. The van der Waals surface area contributed by atoms with Crippen LogP contribution in [0.4, 0.5) is 5.69 Å². The van der Waals surface area contributed by atoms with Crippen molar-refractivity contribution in [2.24, 2.45) is 0 Å². The summed E-state index contributed by atoms with van der Waals surface area (Å²) >= 11 is 1.49. The van der Waals surface area contributed by atoms with Crippen molar-refractivity contribution in [3.05, 3.63) is 60.2 Å². The second-order valence-electron chi connectivity index (χ2n) is 4.56. The van der Waals surface area contributed by atoms with Crippen LogP contribution in [0.5, 0.6) is 0 Å². The Labute approximate surface area is 123 Å². The van der Waals surface area contributed by atoms with E-state index in [0.717, 1.165) is 10.5 Å². The smallest absolute Gasteiger partial charge is 0.230 e. The minimum Gasteiger partial charge on any atom is -0.399 e. The number of carbonyl (C=O) groups is 1. The van der Waals surface area contributed by atoms with Crippen LogP contribution in [0.25, 0.3) is 0 Å². The van der Waals surface area contributed by atoms with Crippen LogP contribution in [-0.2, 0) is 4.79 Å². The van der Waals surface area contributed by atoms with Crippen molar-refractivity contribution >= 4 is 23.4 Å². The molecule has 2 aromatic rings. The number of carbonyl (C=O) groups excluding carboxylic acids is 1. The Morgan fingerprint density at radius 3 is 2.65 bits per heavy atom. The summed E-state index contributed by atoms with van der Waals surface area (Å²) in [6.45, 7) is 1.98. The normalized spacial score (nSPS) is 11.8. The average Bonchev–Trinajstić information content (AvgIpc) is 2.46. The first kappa shape index (κ1) is 14.5. The van der Waals surface area contributed by atoms with Gasteiger partial charge in [-0.2, -0.15) is 0 Å². The molecule has 0 aliphatic rings. The van der Waals surface area contributed by atoms with Gasteiger partial charge in [-0.3, -0.25) is 4.79 Å². The maximum absolute atomic E-state index is 11.9. The van der Waals surface area contributed by atoms with E-state index in [1.165, 1.54) is 11.8 Å². The highest BCUT2D eigenvalue weighted by molar-refractivity contribution is 8.00. The molecule has 1 atom stereocenters. The maximum Gasteiger partial charge on any atom is 0.230 e. The molecule has 3 N–H and O–H groups in total. The number of thioether (sulfide) groups is 1. The van der Waals surface area contributed by atoms with Crippen LogP contribution in [0.1, 0.15) is 18.5 Å². The van der Waals surface area contributed by atoms with Crippen LogP contribution in [0.15, 0.2) is 59.5 Å². The van der Waals surface area contributed by atoms with Gasteiger partial charge in [0, 0.05) is 10.6 Å². The van der Waals surface area contributed by atoms with Crippen LogP contribution in [0, 0.1) is 0 Å². The number of nitrogen functional groups attached to an aromatic ring is 1. The Kier molecular flexibility index (Phi) is 5.07. The van der Waals surface area contributed by atoms with Gasteiger partial charge >= 0.3 is 0 Å². The van der Waals surface area contributed by atoms with Gasteiger partial charge in [-0.05, 0) is 30.7 Å². The molecule has 0 bridgehead atoms. The fraction of sp³-hybridized carbons (Fsp3) is 0.188. The summed E-state index contributed by atoms with van der Waals surface area (Å²) in [5.74, 6) is 0.412. The molecule has 3 nitrogen and oxygen atoms in total.